The number of hydrogen-bond donors (Lipinski definition) is 0. The Bertz CT molecular complexity index is 1650. The SMILES string of the molecule is N#Cc1ccc(-c2cccc3c(-n4c5ccccc5c5ccccc54)cccc23)c(F)c1. The van der Waals surface area contributed by atoms with Gasteiger partial charge >= 0.3 is 0 Å². The number of nitrogens with zero attached hydrogens (tertiary/aromatic N) is 2. The summed E-state index contributed by atoms with van der Waals surface area (Å²) in [5.41, 5.74) is 4.95. The lowest BCUT2D eigenvalue weighted by atomic mass is 9.96. The second-order valence-corrected chi connectivity index (χ2v) is 7.85. The van der Waals surface area contributed by atoms with Crippen molar-refractivity contribution in [2.24, 2.45) is 0 Å². The Morgan fingerprint density at radius 3 is 1.91 bits per heavy atom. The molecule has 3 heteroatoms. The second kappa shape index (κ2) is 7.08. The van der Waals surface area contributed by atoms with Crippen LogP contribution in [0.3, 0.4) is 0 Å². The Labute approximate surface area is 184 Å². The van der Waals surface area contributed by atoms with Gasteiger partial charge in [-0.1, -0.05) is 72.8 Å². The predicted octanol–water partition coefficient (Wildman–Crippen LogP) is 7.61. The van der Waals surface area contributed by atoms with Gasteiger partial charge in [-0.3, -0.25) is 0 Å². The van der Waals surface area contributed by atoms with Crippen molar-refractivity contribution in [1.82, 2.24) is 4.57 Å². The van der Waals surface area contributed by atoms with Gasteiger partial charge in [0.1, 0.15) is 5.82 Å². The van der Waals surface area contributed by atoms with Crippen LogP contribution in [0.1, 0.15) is 5.56 Å². The minimum atomic E-state index is -0.390. The first-order valence-electron chi connectivity index (χ1n) is 10.5. The summed E-state index contributed by atoms with van der Waals surface area (Å²) in [6.07, 6.45) is 0. The molecule has 1 heterocycles. The van der Waals surface area contributed by atoms with Crippen molar-refractivity contribution >= 4 is 32.6 Å². The molecule has 0 amide bonds. The average Bonchev–Trinajstić information content (AvgIpc) is 3.18. The van der Waals surface area contributed by atoms with Crippen molar-refractivity contribution in [3.8, 4) is 22.9 Å². The van der Waals surface area contributed by atoms with E-state index < -0.39 is 0 Å². The first-order chi connectivity index (χ1) is 15.8. The van der Waals surface area contributed by atoms with Gasteiger partial charge in [-0.15, -0.1) is 0 Å². The predicted molar refractivity (Wildman–Crippen MR) is 128 cm³/mol. The Morgan fingerprint density at radius 1 is 0.594 bits per heavy atom. The van der Waals surface area contributed by atoms with E-state index in [1.807, 2.05) is 30.3 Å². The van der Waals surface area contributed by atoms with E-state index in [9.17, 15) is 4.39 Å². The number of nitriles is 1. The van der Waals surface area contributed by atoms with Crippen LogP contribution in [0.5, 0.6) is 0 Å². The molecule has 0 atom stereocenters. The quantitative estimate of drug-likeness (QED) is 0.288. The number of hydrogen-bond acceptors (Lipinski definition) is 1. The van der Waals surface area contributed by atoms with Crippen molar-refractivity contribution in [3.63, 3.8) is 0 Å². The monoisotopic (exact) mass is 412 g/mol. The van der Waals surface area contributed by atoms with E-state index in [0.29, 0.717) is 11.1 Å². The molecule has 0 bridgehead atoms. The smallest absolute Gasteiger partial charge is 0.132 e. The standard InChI is InChI=1S/C29H17FN2/c30-26-17-19(18-31)15-16-22(26)20-9-5-11-23-21(20)10-6-14-29(23)32-27-12-3-1-7-24(27)25-8-2-4-13-28(25)32/h1-17H. The maximum atomic E-state index is 14.9. The normalized spacial score (nSPS) is 11.2. The van der Waals surface area contributed by atoms with Crippen LogP contribution in [0.25, 0.3) is 49.4 Å². The van der Waals surface area contributed by atoms with Crippen molar-refractivity contribution in [2.75, 3.05) is 0 Å². The Morgan fingerprint density at radius 2 is 1.22 bits per heavy atom. The van der Waals surface area contributed by atoms with Gasteiger partial charge in [-0.05, 0) is 41.3 Å². The summed E-state index contributed by atoms with van der Waals surface area (Å²) in [5.74, 6) is -0.390. The van der Waals surface area contributed by atoms with E-state index in [1.165, 1.54) is 16.8 Å². The maximum Gasteiger partial charge on any atom is 0.132 e. The number of fused-ring (bicyclic) bond motifs is 4. The minimum absolute atomic E-state index is 0.317. The molecule has 0 N–H and O–H groups in total. The molecule has 5 aromatic carbocycles. The van der Waals surface area contributed by atoms with E-state index >= 15 is 0 Å². The fourth-order valence-electron chi connectivity index (χ4n) is 4.71. The molecule has 0 aliphatic rings. The Hall–Kier alpha value is -4.42. The van der Waals surface area contributed by atoms with Gasteiger partial charge in [0, 0.05) is 21.7 Å². The molecular formula is C29H17FN2. The summed E-state index contributed by atoms with van der Waals surface area (Å²) in [6.45, 7) is 0. The number of para-hydroxylation sites is 2. The third-order valence-corrected chi connectivity index (χ3v) is 6.11. The number of rotatable bonds is 2. The largest absolute Gasteiger partial charge is 0.309 e. The molecule has 0 radical (unpaired) electrons. The highest BCUT2D eigenvalue weighted by atomic mass is 19.1. The molecule has 0 fully saturated rings. The minimum Gasteiger partial charge on any atom is -0.309 e. The summed E-state index contributed by atoms with van der Waals surface area (Å²) in [5, 5.41) is 13.5. The molecule has 6 rings (SSSR count). The molecule has 150 valence electrons. The van der Waals surface area contributed by atoms with Crippen LogP contribution in [0, 0.1) is 17.1 Å². The number of benzene rings is 5. The topological polar surface area (TPSA) is 28.7 Å². The van der Waals surface area contributed by atoms with Gasteiger partial charge in [-0.2, -0.15) is 5.26 Å². The fourth-order valence-corrected chi connectivity index (χ4v) is 4.71. The van der Waals surface area contributed by atoms with Gasteiger partial charge in [0.2, 0.25) is 0 Å². The molecule has 2 nitrogen and oxygen atoms in total. The van der Waals surface area contributed by atoms with Gasteiger partial charge in [0.05, 0.1) is 28.4 Å². The molecule has 1 aromatic heterocycles. The zero-order valence-electron chi connectivity index (χ0n) is 17.1. The zero-order valence-corrected chi connectivity index (χ0v) is 17.1. The Balaban J connectivity index is 1.69. The summed E-state index contributed by atoms with van der Waals surface area (Å²) >= 11 is 0. The molecule has 6 aromatic rings. The third kappa shape index (κ3) is 2.64. The van der Waals surface area contributed by atoms with Gasteiger partial charge in [0.15, 0.2) is 0 Å². The molecule has 32 heavy (non-hydrogen) atoms. The van der Waals surface area contributed by atoms with Crippen molar-refractivity contribution < 1.29 is 4.39 Å². The van der Waals surface area contributed by atoms with E-state index in [4.69, 9.17) is 5.26 Å². The highest BCUT2D eigenvalue weighted by molar-refractivity contribution is 6.11. The van der Waals surface area contributed by atoms with Gasteiger partial charge in [-0.25, -0.2) is 4.39 Å². The summed E-state index contributed by atoms with van der Waals surface area (Å²) < 4.78 is 17.2. The average molecular weight is 412 g/mol. The molecule has 0 spiro atoms. The van der Waals surface area contributed by atoms with Gasteiger partial charge < -0.3 is 4.57 Å². The molecule has 0 saturated carbocycles. The van der Waals surface area contributed by atoms with E-state index in [-0.39, 0.29) is 5.82 Å². The maximum absolute atomic E-state index is 14.9. The summed E-state index contributed by atoms with van der Waals surface area (Å²) in [7, 11) is 0. The number of halogens is 1. The van der Waals surface area contributed by atoms with Crippen LogP contribution in [0.4, 0.5) is 4.39 Å². The first-order valence-corrected chi connectivity index (χ1v) is 10.5. The molecular weight excluding hydrogens is 395 g/mol. The van der Waals surface area contributed by atoms with Crippen molar-refractivity contribution in [2.45, 2.75) is 0 Å². The zero-order chi connectivity index (χ0) is 21.7. The van der Waals surface area contributed by atoms with Crippen molar-refractivity contribution in [1.29, 1.82) is 5.26 Å². The lowest BCUT2D eigenvalue weighted by Crippen LogP contribution is -1.96. The molecule has 0 aliphatic carbocycles. The van der Waals surface area contributed by atoms with Crippen LogP contribution in [0.2, 0.25) is 0 Å². The third-order valence-electron chi connectivity index (χ3n) is 6.11. The lowest BCUT2D eigenvalue weighted by molar-refractivity contribution is 0.631. The van der Waals surface area contributed by atoms with Crippen molar-refractivity contribution in [3.05, 3.63) is 115 Å². The van der Waals surface area contributed by atoms with E-state index in [2.05, 4.69) is 65.2 Å². The molecule has 0 aliphatic heterocycles. The highest BCUT2D eigenvalue weighted by Crippen LogP contribution is 2.37. The fraction of sp³-hybridized carbons (Fsp3) is 0. The van der Waals surface area contributed by atoms with E-state index in [1.54, 1.807) is 12.1 Å². The van der Waals surface area contributed by atoms with Gasteiger partial charge in [0.25, 0.3) is 0 Å². The summed E-state index contributed by atoms with van der Waals surface area (Å²) in [4.78, 5) is 0. The number of aromatic nitrogens is 1. The lowest BCUT2D eigenvalue weighted by Gasteiger charge is -2.14. The van der Waals surface area contributed by atoms with Crippen LogP contribution >= 0.6 is 0 Å². The van der Waals surface area contributed by atoms with Crippen LogP contribution in [-0.4, -0.2) is 4.57 Å². The van der Waals surface area contributed by atoms with Crippen LogP contribution in [-0.2, 0) is 0 Å². The van der Waals surface area contributed by atoms with E-state index in [0.717, 1.165) is 33.1 Å². The second-order valence-electron chi connectivity index (χ2n) is 7.85. The first kappa shape index (κ1) is 18.4. The van der Waals surface area contributed by atoms with Crippen LogP contribution in [0.15, 0.2) is 103 Å². The molecule has 0 saturated heterocycles. The van der Waals surface area contributed by atoms with Crippen LogP contribution < -0.4 is 0 Å². The molecule has 0 unspecified atom stereocenters. The highest BCUT2D eigenvalue weighted by Gasteiger charge is 2.15. The summed E-state index contributed by atoms with van der Waals surface area (Å²) in [6, 6.07) is 35.6. The Kier molecular flexibility index (Phi) is 4.06.